The second-order valence-corrected chi connectivity index (χ2v) is 2.63. The summed E-state index contributed by atoms with van der Waals surface area (Å²) < 4.78 is 13.8. The SMILES string of the molecule is Fc1cnn(-c2ccnc(Cl)n2)c1. The Hall–Kier alpha value is -1.49. The number of hydrogen-bond donors (Lipinski definition) is 0. The van der Waals surface area contributed by atoms with Gasteiger partial charge in [0.25, 0.3) is 0 Å². The van der Waals surface area contributed by atoms with Gasteiger partial charge < -0.3 is 0 Å². The Morgan fingerprint density at radius 1 is 1.46 bits per heavy atom. The van der Waals surface area contributed by atoms with Crippen LogP contribution in [0.5, 0.6) is 0 Å². The normalized spacial score (nSPS) is 10.3. The molecule has 0 fully saturated rings. The fourth-order valence-electron chi connectivity index (χ4n) is 0.880. The number of aromatic nitrogens is 4. The third-order valence-corrected chi connectivity index (χ3v) is 1.58. The topological polar surface area (TPSA) is 43.6 Å². The van der Waals surface area contributed by atoms with Gasteiger partial charge in [0.1, 0.15) is 0 Å². The van der Waals surface area contributed by atoms with Gasteiger partial charge in [0.2, 0.25) is 5.28 Å². The molecule has 0 amide bonds. The standard InChI is InChI=1S/C7H4ClFN4/c8-7-10-2-1-6(12-7)13-4-5(9)3-11-13/h1-4H. The first kappa shape index (κ1) is 8.12. The summed E-state index contributed by atoms with van der Waals surface area (Å²) in [5, 5.41) is 3.82. The third kappa shape index (κ3) is 1.65. The van der Waals surface area contributed by atoms with Crippen molar-refractivity contribution in [3.8, 4) is 5.82 Å². The van der Waals surface area contributed by atoms with Crippen molar-refractivity contribution in [1.29, 1.82) is 0 Å². The van der Waals surface area contributed by atoms with Crippen LogP contribution in [0, 0.1) is 5.82 Å². The molecule has 0 unspecified atom stereocenters. The number of rotatable bonds is 1. The second-order valence-electron chi connectivity index (χ2n) is 2.29. The Bertz CT molecular complexity index is 428. The number of hydrogen-bond acceptors (Lipinski definition) is 3. The summed E-state index contributed by atoms with van der Waals surface area (Å²) in [6, 6.07) is 1.58. The van der Waals surface area contributed by atoms with E-state index >= 15 is 0 Å². The quantitative estimate of drug-likeness (QED) is 0.652. The third-order valence-electron chi connectivity index (χ3n) is 1.40. The summed E-state index contributed by atoms with van der Waals surface area (Å²) >= 11 is 5.54. The molecule has 0 aliphatic carbocycles. The summed E-state index contributed by atoms with van der Waals surface area (Å²) in [5.74, 6) is 0.0126. The summed E-state index contributed by atoms with van der Waals surface area (Å²) in [4.78, 5) is 7.54. The molecule has 2 heterocycles. The minimum absolute atomic E-state index is 0.105. The van der Waals surface area contributed by atoms with Crippen molar-refractivity contribution in [2.45, 2.75) is 0 Å². The molecule has 0 saturated heterocycles. The fraction of sp³-hybridized carbons (Fsp3) is 0. The molecule has 0 saturated carbocycles. The molecular weight excluding hydrogens is 195 g/mol. The van der Waals surface area contributed by atoms with Gasteiger partial charge in [-0.2, -0.15) is 10.1 Å². The van der Waals surface area contributed by atoms with E-state index in [9.17, 15) is 4.39 Å². The van der Waals surface area contributed by atoms with Crippen molar-refractivity contribution in [1.82, 2.24) is 19.7 Å². The number of nitrogens with zero attached hydrogens (tertiary/aromatic N) is 4. The zero-order chi connectivity index (χ0) is 9.26. The van der Waals surface area contributed by atoms with Crippen LogP contribution < -0.4 is 0 Å². The van der Waals surface area contributed by atoms with Gasteiger partial charge in [0, 0.05) is 12.3 Å². The van der Waals surface area contributed by atoms with E-state index in [0.29, 0.717) is 5.82 Å². The van der Waals surface area contributed by atoms with E-state index in [1.54, 1.807) is 6.07 Å². The Kier molecular flexibility index (Phi) is 1.94. The lowest BCUT2D eigenvalue weighted by atomic mass is 10.6. The number of halogens is 2. The van der Waals surface area contributed by atoms with E-state index in [2.05, 4.69) is 15.1 Å². The van der Waals surface area contributed by atoms with Crippen LogP contribution in [0.4, 0.5) is 4.39 Å². The van der Waals surface area contributed by atoms with Crippen LogP contribution >= 0.6 is 11.6 Å². The van der Waals surface area contributed by atoms with E-state index in [-0.39, 0.29) is 5.28 Å². The first-order chi connectivity index (χ1) is 6.25. The minimum Gasteiger partial charge on any atom is -0.226 e. The maximum absolute atomic E-state index is 12.6. The van der Waals surface area contributed by atoms with E-state index in [4.69, 9.17) is 11.6 Å². The highest BCUT2D eigenvalue weighted by Gasteiger charge is 2.01. The molecule has 2 aromatic rings. The van der Waals surface area contributed by atoms with Gasteiger partial charge in [-0.05, 0) is 11.6 Å². The Labute approximate surface area is 78.0 Å². The maximum Gasteiger partial charge on any atom is 0.224 e. The van der Waals surface area contributed by atoms with E-state index in [0.717, 1.165) is 6.20 Å². The van der Waals surface area contributed by atoms with Crippen molar-refractivity contribution < 1.29 is 4.39 Å². The second kappa shape index (κ2) is 3.10. The van der Waals surface area contributed by atoms with Crippen LogP contribution in [0.15, 0.2) is 24.7 Å². The Morgan fingerprint density at radius 3 is 2.92 bits per heavy atom. The summed E-state index contributed by atoms with van der Waals surface area (Å²) in [7, 11) is 0. The average molecular weight is 199 g/mol. The highest BCUT2D eigenvalue weighted by atomic mass is 35.5. The molecular formula is C7H4ClFN4. The molecule has 6 heteroatoms. The Balaban J connectivity index is 2.46. The molecule has 13 heavy (non-hydrogen) atoms. The molecule has 0 atom stereocenters. The molecule has 66 valence electrons. The molecule has 2 aromatic heterocycles. The van der Waals surface area contributed by atoms with Gasteiger partial charge in [0.15, 0.2) is 11.6 Å². The zero-order valence-electron chi connectivity index (χ0n) is 6.35. The summed E-state index contributed by atoms with van der Waals surface area (Å²) in [5.41, 5.74) is 0. The largest absolute Gasteiger partial charge is 0.226 e. The van der Waals surface area contributed by atoms with E-state index in [1.165, 1.54) is 17.1 Å². The lowest BCUT2D eigenvalue weighted by Crippen LogP contribution is -1.98. The van der Waals surface area contributed by atoms with Crippen LogP contribution in [-0.2, 0) is 0 Å². The van der Waals surface area contributed by atoms with Gasteiger partial charge >= 0.3 is 0 Å². The van der Waals surface area contributed by atoms with Crippen LogP contribution in [0.2, 0.25) is 5.28 Å². The van der Waals surface area contributed by atoms with Crippen molar-refractivity contribution in [2.75, 3.05) is 0 Å². The van der Waals surface area contributed by atoms with Gasteiger partial charge in [-0.1, -0.05) is 0 Å². The maximum atomic E-state index is 12.6. The van der Waals surface area contributed by atoms with Gasteiger partial charge in [0.05, 0.1) is 12.4 Å². The minimum atomic E-state index is -0.422. The predicted molar refractivity (Wildman–Crippen MR) is 44.1 cm³/mol. The molecule has 2 rings (SSSR count). The predicted octanol–water partition coefficient (Wildman–Crippen LogP) is 1.45. The molecule has 0 radical (unpaired) electrons. The van der Waals surface area contributed by atoms with Gasteiger partial charge in [-0.15, -0.1) is 0 Å². The Morgan fingerprint density at radius 2 is 2.31 bits per heavy atom. The highest BCUT2D eigenvalue weighted by Crippen LogP contribution is 2.06. The smallest absolute Gasteiger partial charge is 0.224 e. The van der Waals surface area contributed by atoms with E-state index < -0.39 is 5.82 Å². The average Bonchev–Trinajstić information content (AvgIpc) is 2.52. The van der Waals surface area contributed by atoms with Gasteiger partial charge in [-0.25, -0.2) is 14.1 Å². The van der Waals surface area contributed by atoms with Crippen LogP contribution in [0.1, 0.15) is 0 Å². The lowest BCUT2D eigenvalue weighted by molar-refractivity contribution is 0.627. The molecule has 4 nitrogen and oxygen atoms in total. The molecule has 0 N–H and O–H groups in total. The molecule has 0 aliphatic rings. The molecule has 0 bridgehead atoms. The zero-order valence-corrected chi connectivity index (χ0v) is 7.11. The first-order valence-corrected chi connectivity index (χ1v) is 3.82. The van der Waals surface area contributed by atoms with Crippen LogP contribution in [-0.4, -0.2) is 19.7 Å². The first-order valence-electron chi connectivity index (χ1n) is 3.45. The van der Waals surface area contributed by atoms with Crippen molar-refractivity contribution in [3.63, 3.8) is 0 Å². The highest BCUT2D eigenvalue weighted by molar-refractivity contribution is 6.28. The van der Waals surface area contributed by atoms with Gasteiger partial charge in [-0.3, -0.25) is 0 Å². The summed E-state index contributed by atoms with van der Waals surface area (Å²) in [6.45, 7) is 0. The van der Waals surface area contributed by atoms with E-state index in [1.807, 2.05) is 0 Å². The monoisotopic (exact) mass is 198 g/mol. The van der Waals surface area contributed by atoms with Crippen molar-refractivity contribution in [3.05, 3.63) is 35.8 Å². The lowest BCUT2D eigenvalue weighted by Gasteiger charge is -1.97. The molecule has 0 aromatic carbocycles. The van der Waals surface area contributed by atoms with Crippen LogP contribution in [0.3, 0.4) is 0 Å². The van der Waals surface area contributed by atoms with Crippen molar-refractivity contribution >= 4 is 11.6 Å². The molecule has 0 spiro atoms. The summed E-state index contributed by atoms with van der Waals surface area (Å²) in [6.07, 6.45) is 3.78. The molecule has 0 aliphatic heterocycles. The van der Waals surface area contributed by atoms with Crippen LogP contribution in [0.25, 0.3) is 5.82 Å². The van der Waals surface area contributed by atoms with Crippen molar-refractivity contribution in [2.24, 2.45) is 0 Å². The fourth-order valence-corrected chi connectivity index (χ4v) is 1.02.